The fourth-order valence-corrected chi connectivity index (χ4v) is 4.48. The number of hydrogen-bond donors (Lipinski definition) is 1. The summed E-state index contributed by atoms with van der Waals surface area (Å²) in [4.78, 5) is 4.74. The molecule has 1 aliphatic heterocycles. The van der Waals surface area contributed by atoms with Crippen LogP contribution in [0, 0.1) is 5.41 Å². The average molecular weight is 266 g/mol. The van der Waals surface area contributed by atoms with Crippen molar-refractivity contribution in [1.82, 2.24) is 5.32 Å². The largest absolute Gasteiger partial charge is 0.361 e. The highest BCUT2D eigenvalue weighted by Crippen LogP contribution is 2.43. The summed E-state index contributed by atoms with van der Waals surface area (Å²) in [5.74, 6) is 1.27. The van der Waals surface area contributed by atoms with Crippen molar-refractivity contribution in [1.29, 1.82) is 0 Å². The minimum absolute atomic E-state index is 0.554. The van der Waals surface area contributed by atoms with Gasteiger partial charge >= 0.3 is 0 Å². The lowest BCUT2D eigenvalue weighted by molar-refractivity contribution is 0.358. The van der Waals surface area contributed by atoms with E-state index in [2.05, 4.69) is 22.1 Å². The summed E-state index contributed by atoms with van der Waals surface area (Å²) in [6, 6.07) is 2.17. The molecular formula is C13H18N2S2. The molecule has 1 aliphatic carbocycles. The molecule has 2 nitrogen and oxygen atoms in total. The molecule has 1 spiro atoms. The van der Waals surface area contributed by atoms with E-state index < -0.39 is 0 Å². The van der Waals surface area contributed by atoms with E-state index in [0.29, 0.717) is 5.41 Å². The van der Waals surface area contributed by atoms with E-state index in [4.69, 9.17) is 4.99 Å². The number of aliphatic imine (C=N–C) groups is 1. The lowest BCUT2D eigenvalue weighted by Gasteiger charge is -2.31. The van der Waals surface area contributed by atoms with E-state index in [9.17, 15) is 0 Å². The standard InChI is InChI=1S/C13H18N2S2/c1-2-5-13(4-1)9-15-12(17-10-13)14-7-11-3-6-16-8-11/h3,6,8H,1-2,4-5,7,9-10H2,(H,14,15). The minimum Gasteiger partial charge on any atom is -0.361 e. The number of rotatable bonds is 2. The molecule has 1 N–H and O–H groups in total. The second-order valence-corrected chi connectivity index (χ2v) is 6.85. The van der Waals surface area contributed by atoms with Crippen LogP contribution in [0.5, 0.6) is 0 Å². The third kappa shape index (κ3) is 2.68. The van der Waals surface area contributed by atoms with Crippen LogP contribution >= 0.6 is 23.1 Å². The van der Waals surface area contributed by atoms with Gasteiger partial charge in [-0.3, -0.25) is 4.99 Å². The Morgan fingerprint density at radius 3 is 2.88 bits per heavy atom. The maximum absolute atomic E-state index is 4.74. The molecule has 0 unspecified atom stereocenters. The molecule has 0 aromatic carbocycles. The maximum Gasteiger partial charge on any atom is 0.156 e. The van der Waals surface area contributed by atoms with Crippen LogP contribution in [0.2, 0.25) is 0 Å². The van der Waals surface area contributed by atoms with Gasteiger partial charge in [-0.2, -0.15) is 11.3 Å². The van der Waals surface area contributed by atoms with E-state index in [1.807, 2.05) is 11.8 Å². The highest BCUT2D eigenvalue weighted by atomic mass is 32.2. The third-order valence-electron chi connectivity index (χ3n) is 3.76. The highest BCUT2D eigenvalue weighted by molar-refractivity contribution is 8.13. The Morgan fingerprint density at radius 1 is 1.35 bits per heavy atom. The molecule has 4 heteroatoms. The summed E-state index contributed by atoms with van der Waals surface area (Å²) < 4.78 is 0. The lowest BCUT2D eigenvalue weighted by Crippen LogP contribution is -2.33. The molecule has 3 rings (SSSR count). The quantitative estimate of drug-likeness (QED) is 0.886. The Kier molecular flexibility index (Phi) is 3.43. The van der Waals surface area contributed by atoms with Gasteiger partial charge < -0.3 is 5.32 Å². The first-order chi connectivity index (χ1) is 8.36. The summed E-state index contributed by atoms with van der Waals surface area (Å²) in [7, 11) is 0. The molecule has 1 fully saturated rings. The van der Waals surface area contributed by atoms with Gasteiger partial charge in [-0.1, -0.05) is 24.6 Å². The van der Waals surface area contributed by atoms with Gasteiger partial charge in [-0.15, -0.1) is 0 Å². The zero-order chi connectivity index (χ0) is 11.6. The molecular weight excluding hydrogens is 248 g/mol. The third-order valence-corrected chi connectivity index (χ3v) is 5.80. The Labute approximate surface area is 111 Å². The van der Waals surface area contributed by atoms with Crippen molar-refractivity contribution >= 4 is 28.3 Å². The van der Waals surface area contributed by atoms with Gasteiger partial charge in [0.2, 0.25) is 0 Å². The van der Waals surface area contributed by atoms with Gasteiger partial charge in [0.25, 0.3) is 0 Å². The monoisotopic (exact) mass is 266 g/mol. The SMILES string of the molecule is c1cc(CNC2=NCC3(CCCC3)CS2)cs1. The van der Waals surface area contributed by atoms with Crippen LogP contribution in [0.1, 0.15) is 31.2 Å². The molecule has 0 bridgehead atoms. The Hall–Kier alpha value is -0.480. The van der Waals surface area contributed by atoms with Gasteiger partial charge in [-0.05, 0) is 40.6 Å². The van der Waals surface area contributed by atoms with Crippen LogP contribution < -0.4 is 5.32 Å². The molecule has 92 valence electrons. The van der Waals surface area contributed by atoms with Gasteiger partial charge in [-0.25, -0.2) is 0 Å². The van der Waals surface area contributed by atoms with Crippen molar-refractivity contribution in [2.45, 2.75) is 32.2 Å². The van der Waals surface area contributed by atoms with E-state index in [0.717, 1.165) is 18.3 Å². The Bertz CT molecular complexity index is 392. The summed E-state index contributed by atoms with van der Waals surface area (Å²) in [5, 5.41) is 8.92. The van der Waals surface area contributed by atoms with Gasteiger partial charge in [0.1, 0.15) is 0 Å². The van der Waals surface area contributed by atoms with Crippen LogP contribution in [0.15, 0.2) is 21.8 Å². The first-order valence-electron chi connectivity index (χ1n) is 6.29. The first kappa shape index (κ1) is 11.6. The number of thiophene rings is 1. The fraction of sp³-hybridized carbons (Fsp3) is 0.615. The van der Waals surface area contributed by atoms with Crippen LogP contribution in [-0.4, -0.2) is 17.5 Å². The van der Waals surface area contributed by atoms with Crippen LogP contribution in [0.4, 0.5) is 0 Å². The predicted octanol–water partition coefficient (Wildman–Crippen LogP) is 3.50. The van der Waals surface area contributed by atoms with Gasteiger partial charge in [0.15, 0.2) is 5.17 Å². The van der Waals surface area contributed by atoms with Gasteiger partial charge in [0.05, 0.1) is 0 Å². The highest BCUT2D eigenvalue weighted by Gasteiger charge is 2.36. The maximum atomic E-state index is 4.74. The molecule has 17 heavy (non-hydrogen) atoms. The molecule has 1 aromatic heterocycles. The van der Waals surface area contributed by atoms with Crippen molar-refractivity contribution < 1.29 is 0 Å². The lowest BCUT2D eigenvalue weighted by atomic mass is 9.89. The normalized spacial score (nSPS) is 22.7. The van der Waals surface area contributed by atoms with Crippen molar-refractivity contribution in [2.24, 2.45) is 10.4 Å². The van der Waals surface area contributed by atoms with Crippen molar-refractivity contribution in [3.8, 4) is 0 Å². The van der Waals surface area contributed by atoms with Gasteiger partial charge in [0, 0.05) is 18.8 Å². The van der Waals surface area contributed by atoms with Crippen molar-refractivity contribution in [2.75, 3.05) is 12.3 Å². The second kappa shape index (κ2) is 5.02. The Balaban J connectivity index is 1.54. The van der Waals surface area contributed by atoms with Crippen LogP contribution in [0.3, 0.4) is 0 Å². The number of amidine groups is 1. The summed E-state index contributed by atoms with van der Waals surface area (Å²) >= 11 is 3.68. The number of hydrogen-bond acceptors (Lipinski definition) is 4. The molecule has 1 saturated carbocycles. The Morgan fingerprint density at radius 2 is 2.24 bits per heavy atom. The minimum atomic E-state index is 0.554. The molecule has 0 saturated heterocycles. The first-order valence-corrected chi connectivity index (χ1v) is 8.21. The second-order valence-electron chi connectivity index (χ2n) is 5.10. The van der Waals surface area contributed by atoms with Crippen molar-refractivity contribution in [3.63, 3.8) is 0 Å². The van der Waals surface area contributed by atoms with Crippen LogP contribution in [0.25, 0.3) is 0 Å². The fourth-order valence-electron chi connectivity index (χ4n) is 2.66. The summed E-state index contributed by atoms with van der Waals surface area (Å²) in [6.45, 7) is 1.97. The topological polar surface area (TPSA) is 24.4 Å². The molecule has 0 radical (unpaired) electrons. The molecule has 1 aromatic rings. The van der Waals surface area contributed by atoms with Crippen LogP contribution in [-0.2, 0) is 6.54 Å². The molecule has 2 heterocycles. The number of nitrogens with zero attached hydrogens (tertiary/aromatic N) is 1. The van der Waals surface area contributed by atoms with E-state index in [1.54, 1.807) is 11.3 Å². The zero-order valence-corrected chi connectivity index (χ0v) is 11.6. The van der Waals surface area contributed by atoms with E-state index in [1.165, 1.54) is 37.0 Å². The summed E-state index contributed by atoms with van der Waals surface area (Å²) in [5.41, 5.74) is 1.91. The molecule has 0 atom stereocenters. The molecule has 0 amide bonds. The average Bonchev–Trinajstić information content (AvgIpc) is 3.01. The zero-order valence-electron chi connectivity index (χ0n) is 9.95. The van der Waals surface area contributed by atoms with E-state index in [-0.39, 0.29) is 0 Å². The smallest absolute Gasteiger partial charge is 0.156 e. The van der Waals surface area contributed by atoms with E-state index >= 15 is 0 Å². The summed E-state index contributed by atoms with van der Waals surface area (Å²) in [6.07, 6.45) is 5.60. The number of nitrogens with one attached hydrogen (secondary N) is 1. The number of thioether (sulfide) groups is 1. The van der Waals surface area contributed by atoms with Crippen molar-refractivity contribution in [3.05, 3.63) is 22.4 Å². The predicted molar refractivity (Wildman–Crippen MR) is 76.8 cm³/mol. The molecule has 2 aliphatic rings.